The van der Waals surface area contributed by atoms with Crippen LogP contribution in [0.2, 0.25) is 0 Å². The summed E-state index contributed by atoms with van der Waals surface area (Å²) in [7, 11) is 7.31. The lowest BCUT2D eigenvalue weighted by atomic mass is 9.96. The predicted molar refractivity (Wildman–Crippen MR) is 105 cm³/mol. The van der Waals surface area contributed by atoms with Crippen molar-refractivity contribution in [1.29, 1.82) is 0 Å². The maximum absolute atomic E-state index is 5.45. The van der Waals surface area contributed by atoms with Crippen LogP contribution in [0.25, 0.3) is 0 Å². The molecular weight excluding hydrogens is 330 g/mol. The lowest BCUT2D eigenvalue weighted by molar-refractivity contribution is 0.0625. The Bertz CT molecular complexity index is 571. The quantitative estimate of drug-likeness (QED) is 0.568. The molecule has 0 radical (unpaired) electrons. The molecule has 1 saturated heterocycles. The number of nitrogens with one attached hydrogen (secondary N) is 1. The molecule has 0 aromatic heterocycles. The molecule has 146 valence electrons. The normalized spacial score (nSPS) is 15.6. The van der Waals surface area contributed by atoms with E-state index < -0.39 is 0 Å². The van der Waals surface area contributed by atoms with Crippen molar-refractivity contribution in [3.63, 3.8) is 0 Å². The molecule has 0 amide bonds. The summed E-state index contributed by atoms with van der Waals surface area (Å²) in [6.45, 7) is 3.61. The zero-order valence-corrected chi connectivity index (χ0v) is 16.6. The molecule has 1 aliphatic heterocycles. The van der Waals surface area contributed by atoms with Crippen molar-refractivity contribution >= 4 is 5.96 Å². The number of benzene rings is 1. The molecule has 6 heteroatoms. The first-order chi connectivity index (χ1) is 12.7. The van der Waals surface area contributed by atoms with Crippen molar-refractivity contribution in [3.05, 3.63) is 23.8 Å². The Balaban J connectivity index is 1.80. The molecule has 0 saturated carbocycles. The summed E-state index contributed by atoms with van der Waals surface area (Å²) in [4.78, 5) is 6.62. The molecule has 1 N–H and O–H groups in total. The van der Waals surface area contributed by atoms with Crippen molar-refractivity contribution in [2.75, 3.05) is 54.6 Å². The van der Waals surface area contributed by atoms with E-state index in [0.717, 1.165) is 61.7 Å². The van der Waals surface area contributed by atoms with Gasteiger partial charge in [0.1, 0.15) is 11.5 Å². The van der Waals surface area contributed by atoms with Crippen LogP contribution in [-0.4, -0.2) is 65.5 Å². The fraction of sp³-hybridized carbons (Fsp3) is 0.650. The van der Waals surface area contributed by atoms with E-state index in [4.69, 9.17) is 14.2 Å². The third-order valence-corrected chi connectivity index (χ3v) is 4.95. The van der Waals surface area contributed by atoms with E-state index in [1.54, 1.807) is 14.2 Å². The first-order valence-corrected chi connectivity index (χ1v) is 9.38. The van der Waals surface area contributed by atoms with Gasteiger partial charge < -0.3 is 24.4 Å². The summed E-state index contributed by atoms with van der Waals surface area (Å²) in [5, 5.41) is 3.45. The van der Waals surface area contributed by atoms with E-state index in [1.807, 2.05) is 25.2 Å². The van der Waals surface area contributed by atoms with Gasteiger partial charge in [0.15, 0.2) is 5.96 Å². The lowest BCUT2D eigenvalue weighted by Crippen LogP contribution is -2.40. The Labute approximate surface area is 157 Å². The highest BCUT2D eigenvalue weighted by atomic mass is 16.5. The molecule has 6 nitrogen and oxygen atoms in total. The van der Waals surface area contributed by atoms with Crippen LogP contribution in [-0.2, 0) is 11.2 Å². The van der Waals surface area contributed by atoms with Crippen LogP contribution in [0.5, 0.6) is 11.5 Å². The van der Waals surface area contributed by atoms with E-state index >= 15 is 0 Å². The fourth-order valence-electron chi connectivity index (χ4n) is 3.29. The van der Waals surface area contributed by atoms with Gasteiger partial charge in [0, 0.05) is 40.4 Å². The number of methoxy groups -OCH3 is 2. The molecule has 26 heavy (non-hydrogen) atoms. The Hall–Kier alpha value is -1.95. The maximum Gasteiger partial charge on any atom is 0.193 e. The Kier molecular flexibility index (Phi) is 8.54. The van der Waals surface area contributed by atoms with Gasteiger partial charge in [0.05, 0.1) is 14.2 Å². The second-order valence-corrected chi connectivity index (χ2v) is 6.67. The molecule has 1 heterocycles. The number of nitrogens with zero attached hydrogens (tertiary/aromatic N) is 2. The third-order valence-electron chi connectivity index (χ3n) is 4.95. The number of hydrogen-bond donors (Lipinski definition) is 1. The molecule has 0 atom stereocenters. The van der Waals surface area contributed by atoms with E-state index in [9.17, 15) is 0 Å². The summed E-state index contributed by atoms with van der Waals surface area (Å²) >= 11 is 0. The van der Waals surface area contributed by atoms with Crippen molar-refractivity contribution in [1.82, 2.24) is 10.2 Å². The fourth-order valence-corrected chi connectivity index (χ4v) is 3.29. The highest BCUT2D eigenvalue weighted by Gasteiger charge is 2.15. The van der Waals surface area contributed by atoms with E-state index in [-0.39, 0.29) is 0 Å². The summed E-state index contributed by atoms with van der Waals surface area (Å²) in [6.07, 6.45) is 4.38. The van der Waals surface area contributed by atoms with Crippen LogP contribution in [0.15, 0.2) is 23.2 Å². The Morgan fingerprint density at radius 2 is 2.04 bits per heavy atom. The van der Waals surface area contributed by atoms with E-state index in [0.29, 0.717) is 0 Å². The smallest absolute Gasteiger partial charge is 0.193 e. The number of guanidine groups is 1. The first-order valence-electron chi connectivity index (χ1n) is 9.38. The van der Waals surface area contributed by atoms with Gasteiger partial charge in [-0.3, -0.25) is 4.99 Å². The molecule has 0 spiro atoms. The Morgan fingerprint density at radius 1 is 1.27 bits per heavy atom. The maximum atomic E-state index is 5.45. The van der Waals surface area contributed by atoms with Gasteiger partial charge in [-0.25, -0.2) is 0 Å². The number of hydrogen-bond acceptors (Lipinski definition) is 4. The van der Waals surface area contributed by atoms with Crippen LogP contribution < -0.4 is 14.8 Å². The summed E-state index contributed by atoms with van der Waals surface area (Å²) < 4.78 is 16.2. The highest BCUT2D eigenvalue weighted by molar-refractivity contribution is 5.79. The van der Waals surface area contributed by atoms with Gasteiger partial charge in [0.25, 0.3) is 0 Å². The summed E-state index contributed by atoms with van der Waals surface area (Å²) in [5.41, 5.74) is 1.12. The first kappa shape index (κ1) is 20.4. The molecule has 0 aliphatic carbocycles. The molecular formula is C20H33N3O3. The Morgan fingerprint density at radius 3 is 2.69 bits per heavy atom. The average Bonchev–Trinajstić information content (AvgIpc) is 2.70. The molecule has 1 aromatic rings. The van der Waals surface area contributed by atoms with Crippen LogP contribution >= 0.6 is 0 Å². The van der Waals surface area contributed by atoms with Crippen LogP contribution in [0.3, 0.4) is 0 Å². The molecule has 1 aliphatic rings. The summed E-state index contributed by atoms with van der Waals surface area (Å²) in [5.74, 6) is 3.43. The van der Waals surface area contributed by atoms with Gasteiger partial charge in [-0.15, -0.1) is 0 Å². The van der Waals surface area contributed by atoms with Gasteiger partial charge >= 0.3 is 0 Å². The lowest BCUT2D eigenvalue weighted by Gasteiger charge is -2.27. The number of aliphatic imine (C=N–C) groups is 1. The van der Waals surface area contributed by atoms with Gasteiger partial charge in [-0.05, 0) is 55.4 Å². The van der Waals surface area contributed by atoms with Crippen molar-refractivity contribution < 1.29 is 14.2 Å². The van der Waals surface area contributed by atoms with E-state index in [2.05, 4.69) is 22.3 Å². The minimum absolute atomic E-state index is 0.769. The SMILES string of the molecule is CN=C(NCCc1cc(OC)ccc1OC)N(C)CCC1CCOCC1. The van der Waals surface area contributed by atoms with Crippen molar-refractivity contribution in [2.24, 2.45) is 10.9 Å². The molecule has 2 rings (SSSR count). The second kappa shape index (κ2) is 10.9. The minimum atomic E-state index is 0.769. The standard InChI is InChI=1S/C20H33N3O3/c1-21-20(23(2)12-8-16-9-13-26-14-10-16)22-11-7-17-15-18(24-3)5-6-19(17)25-4/h5-6,15-16H,7-14H2,1-4H3,(H,21,22). The monoisotopic (exact) mass is 363 g/mol. The third kappa shape index (κ3) is 6.09. The van der Waals surface area contributed by atoms with Gasteiger partial charge in [-0.2, -0.15) is 0 Å². The molecule has 0 unspecified atom stereocenters. The van der Waals surface area contributed by atoms with Crippen molar-refractivity contribution in [2.45, 2.75) is 25.7 Å². The van der Waals surface area contributed by atoms with Crippen molar-refractivity contribution in [3.8, 4) is 11.5 Å². The van der Waals surface area contributed by atoms with Gasteiger partial charge in [0.2, 0.25) is 0 Å². The van der Waals surface area contributed by atoms with Crippen LogP contribution in [0.4, 0.5) is 0 Å². The largest absolute Gasteiger partial charge is 0.497 e. The zero-order chi connectivity index (χ0) is 18.8. The molecule has 1 fully saturated rings. The van der Waals surface area contributed by atoms with Crippen LogP contribution in [0, 0.1) is 5.92 Å². The zero-order valence-electron chi connectivity index (χ0n) is 16.6. The average molecular weight is 364 g/mol. The number of rotatable bonds is 8. The van der Waals surface area contributed by atoms with Crippen LogP contribution in [0.1, 0.15) is 24.8 Å². The topological polar surface area (TPSA) is 55.3 Å². The van der Waals surface area contributed by atoms with Gasteiger partial charge in [-0.1, -0.05) is 0 Å². The number of ether oxygens (including phenoxy) is 3. The second-order valence-electron chi connectivity index (χ2n) is 6.67. The molecule has 1 aromatic carbocycles. The summed E-state index contributed by atoms with van der Waals surface area (Å²) in [6, 6.07) is 5.89. The minimum Gasteiger partial charge on any atom is -0.497 e. The predicted octanol–water partition coefficient (Wildman–Crippen LogP) is 2.57. The van der Waals surface area contributed by atoms with E-state index in [1.165, 1.54) is 19.3 Å². The molecule has 0 bridgehead atoms. The highest BCUT2D eigenvalue weighted by Crippen LogP contribution is 2.24.